The van der Waals surface area contributed by atoms with Gasteiger partial charge in [-0.25, -0.2) is 4.79 Å². The highest BCUT2D eigenvalue weighted by atomic mass is 16.6. The number of carbonyl (C=O) groups excluding carboxylic acids is 2. The van der Waals surface area contributed by atoms with Crippen LogP contribution < -0.4 is 0 Å². The van der Waals surface area contributed by atoms with Gasteiger partial charge in [0.1, 0.15) is 11.2 Å². The number of carbonyl (C=O) groups is 2. The first-order valence-corrected chi connectivity index (χ1v) is 7.16. The number of Topliss-reactive ketones (excluding diaryl/α,β-unsaturated/α-hetero) is 1. The summed E-state index contributed by atoms with van der Waals surface area (Å²) < 4.78 is 10.5. The van der Waals surface area contributed by atoms with E-state index in [4.69, 9.17) is 9.15 Å². The highest BCUT2D eigenvalue weighted by molar-refractivity contribution is 6.03. The quantitative estimate of drug-likeness (QED) is 0.808. The van der Waals surface area contributed by atoms with Gasteiger partial charge in [-0.3, -0.25) is 4.79 Å². The highest BCUT2D eigenvalue weighted by Crippen LogP contribution is 2.19. The minimum Gasteiger partial charge on any atom is -0.464 e. The van der Waals surface area contributed by atoms with E-state index < -0.39 is 17.7 Å². The Balaban J connectivity index is 2.15. The maximum Gasteiger partial charge on any atom is 0.410 e. The predicted molar refractivity (Wildman–Crippen MR) is 84.0 cm³/mol. The van der Waals surface area contributed by atoms with Crippen LogP contribution in [0.4, 0.5) is 4.79 Å². The Morgan fingerprint density at radius 1 is 1.23 bits per heavy atom. The number of amides is 1. The Morgan fingerprint density at radius 3 is 2.55 bits per heavy atom. The summed E-state index contributed by atoms with van der Waals surface area (Å²) in [5.74, 6) is -0.142. The summed E-state index contributed by atoms with van der Waals surface area (Å²) >= 11 is 0. The highest BCUT2D eigenvalue weighted by Gasteiger charge is 2.27. The van der Waals surface area contributed by atoms with Crippen LogP contribution in [0.5, 0.6) is 0 Å². The summed E-state index contributed by atoms with van der Waals surface area (Å²) in [5.41, 5.74) is 0.672. The lowest BCUT2D eigenvalue weighted by atomic mass is 10.0. The number of furan rings is 1. The van der Waals surface area contributed by atoms with E-state index in [2.05, 4.69) is 0 Å². The molecule has 0 spiro atoms. The largest absolute Gasteiger partial charge is 0.464 e. The van der Waals surface area contributed by atoms with Crippen LogP contribution in [-0.2, 0) is 4.74 Å². The Kier molecular flexibility index (Phi) is 4.26. The number of likely N-dealkylation sites (N-methyl/N-ethyl adjacent to an activating group) is 1. The van der Waals surface area contributed by atoms with Crippen LogP contribution >= 0.6 is 0 Å². The molecule has 0 radical (unpaired) electrons. The van der Waals surface area contributed by atoms with Crippen molar-refractivity contribution in [3.05, 3.63) is 36.1 Å². The van der Waals surface area contributed by atoms with Crippen LogP contribution in [0.2, 0.25) is 0 Å². The van der Waals surface area contributed by atoms with E-state index in [1.165, 1.54) is 4.90 Å². The maximum absolute atomic E-state index is 12.5. The smallest absolute Gasteiger partial charge is 0.410 e. The van der Waals surface area contributed by atoms with Gasteiger partial charge in [-0.05, 0) is 52.0 Å². The van der Waals surface area contributed by atoms with Crippen molar-refractivity contribution < 1.29 is 18.7 Å². The second kappa shape index (κ2) is 5.83. The molecule has 5 heteroatoms. The molecule has 0 saturated carbocycles. The fraction of sp³-hybridized carbons (Fsp3) is 0.412. The normalized spacial score (nSPS) is 13.0. The molecular weight excluding hydrogens is 282 g/mol. The molecule has 0 aliphatic heterocycles. The predicted octanol–water partition coefficient (Wildman–Crippen LogP) is 3.87. The molecule has 1 unspecified atom stereocenters. The lowest BCUT2D eigenvalue weighted by Crippen LogP contribution is -2.43. The first kappa shape index (κ1) is 16.1. The third-order valence-electron chi connectivity index (χ3n) is 3.38. The summed E-state index contributed by atoms with van der Waals surface area (Å²) in [6.45, 7) is 7.06. The minimum absolute atomic E-state index is 0.142. The standard InChI is InChI=1S/C17H21NO4/c1-11(18(5)16(20)22-17(2,3)4)15(19)13-6-7-14-12(10-13)8-9-21-14/h6-11H,1-5H3. The van der Waals surface area contributed by atoms with Gasteiger partial charge in [0.25, 0.3) is 0 Å². The zero-order chi connectivity index (χ0) is 16.5. The first-order chi connectivity index (χ1) is 10.2. The van der Waals surface area contributed by atoms with Gasteiger partial charge in [-0.2, -0.15) is 0 Å². The van der Waals surface area contributed by atoms with Gasteiger partial charge in [-0.15, -0.1) is 0 Å². The van der Waals surface area contributed by atoms with E-state index in [1.54, 1.807) is 65.3 Å². The first-order valence-electron chi connectivity index (χ1n) is 7.16. The molecule has 2 aromatic rings. The van der Waals surface area contributed by atoms with Crippen molar-refractivity contribution in [1.29, 1.82) is 0 Å². The molecule has 0 N–H and O–H groups in total. The van der Waals surface area contributed by atoms with Crippen LogP contribution in [0.1, 0.15) is 38.1 Å². The van der Waals surface area contributed by atoms with Gasteiger partial charge in [0.05, 0.1) is 12.3 Å². The summed E-state index contributed by atoms with van der Waals surface area (Å²) in [6, 6.07) is 6.41. The molecule has 0 aliphatic carbocycles. The molecule has 2 rings (SSSR count). The minimum atomic E-state index is -0.612. The fourth-order valence-corrected chi connectivity index (χ4v) is 2.03. The van der Waals surface area contributed by atoms with E-state index >= 15 is 0 Å². The molecule has 0 aliphatic rings. The van der Waals surface area contributed by atoms with E-state index in [-0.39, 0.29) is 5.78 Å². The van der Waals surface area contributed by atoms with E-state index in [1.807, 2.05) is 0 Å². The fourth-order valence-electron chi connectivity index (χ4n) is 2.03. The van der Waals surface area contributed by atoms with E-state index in [0.29, 0.717) is 5.56 Å². The van der Waals surface area contributed by atoms with Gasteiger partial charge >= 0.3 is 6.09 Å². The zero-order valence-corrected chi connectivity index (χ0v) is 13.5. The molecule has 1 aromatic heterocycles. The number of ketones is 1. The Bertz CT molecular complexity index is 696. The summed E-state index contributed by atoms with van der Waals surface area (Å²) in [6.07, 6.45) is 1.06. The van der Waals surface area contributed by atoms with Crippen molar-refractivity contribution in [2.75, 3.05) is 7.05 Å². The maximum atomic E-state index is 12.5. The molecule has 1 atom stereocenters. The monoisotopic (exact) mass is 303 g/mol. The van der Waals surface area contributed by atoms with Crippen LogP contribution in [-0.4, -0.2) is 35.5 Å². The molecule has 0 bridgehead atoms. The molecular formula is C17H21NO4. The van der Waals surface area contributed by atoms with Gasteiger partial charge in [0.15, 0.2) is 5.78 Å². The lowest BCUT2D eigenvalue weighted by molar-refractivity contribution is 0.0231. The van der Waals surface area contributed by atoms with Crippen LogP contribution in [0, 0.1) is 0 Å². The average molecular weight is 303 g/mol. The molecule has 1 amide bonds. The van der Waals surface area contributed by atoms with Gasteiger partial charge in [0.2, 0.25) is 0 Å². The molecule has 1 heterocycles. The molecule has 0 fully saturated rings. The third-order valence-corrected chi connectivity index (χ3v) is 3.38. The zero-order valence-electron chi connectivity index (χ0n) is 13.5. The molecule has 22 heavy (non-hydrogen) atoms. The Hall–Kier alpha value is -2.30. The summed E-state index contributed by atoms with van der Waals surface area (Å²) in [7, 11) is 1.56. The van der Waals surface area contributed by atoms with Gasteiger partial charge in [0, 0.05) is 18.0 Å². The second-order valence-corrected chi connectivity index (χ2v) is 6.30. The Morgan fingerprint density at radius 2 is 1.91 bits per heavy atom. The molecule has 118 valence electrons. The number of benzene rings is 1. The van der Waals surface area contributed by atoms with E-state index in [9.17, 15) is 9.59 Å². The number of rotatable bonds is 3. The van der Waals surface area contributed by atoms with Crippen molar-refractivity contribution >= 4 is 22.8 Å². The summed E-state index contributed by atoms with van der Waals surface area (Å²) in [5, 5.41) is 0.859. The summed E-state index contributed by atoms with van der Waals surface area (Å²) in [4.78, 5) is 25.9. The Labute approximate surface area is 129 Å². The molecule has 1 aromatic carbocycles. The number of hydrogen-bond donors (Lipinski definition) is 0. The number of nitrogens with zero attached hydrogens (tertiary/aromatic N) is 1. The third kappa shape index (κ3) is 3.47. The van der Waals surface area contributed by atoms with Crippen molar-refractivity contribution in [2.45, 2.75) is 39.3 Å². The molecule has 0 saturated heterocycles. The van der Waals surface area contributed by atoms with Gasteiger partial charge < -0.3 is 14.1 Å². The van der Waals surface area contributed by atoms with Crippen molar-refractivity contribution in [3.8, 4) is 0 Å². The van der Waals surface area contributed by atoms with Crippen molar-refractivity contribution in [2.24, 2.45) is 0 Å². The molecule has 5 nitrogen and oxygen atoms in total. The van der Waals surface area contributed by atoms with Crippen LogP contribution in [0.25, 0.3) is 11.0 Å². The lowest BCUT2D eigenvalue weighted by Gasteiger charge is -2.28. The van der Waals surface area contributed by atoms with E-state index in [0.717, 1.165) is 11.0 Å². The van der Waals surface area contributed by atoms with Crippen molar-refractivity contribution in [3.63, 3.8) is 0 Å². The number of hydrogen-bond acceptors (Lipinski definition) is 4. The van der Waals surface area contributed by atoms with Crippen molar-refractivity contribution in [1.82, 2.24) is 4.90 Å². The topological polar surface area (TPSA) is 59.8 Å². The second-order valence-electron chi connectivity index (χ2n) is 6.30. The van der Waals surface area contributed by atoms with Gasteiger partial charge in [-0.1, -0.05) is 0 Å². The number of ether oxygens (including phenoxy) is 1. The average Bonchev–Trinajstić information content (AvgIpc) is 2.90. The van der Waals surface area contributed by atoms with Crippen LogP contribution in [0.3, 0.4) is 0 Å². The SMILES string of the molecule is CC(C(=O)c1ccc2occc2c1)N(C)C(=O)OC(C)(C)C. The van der Waals surface area contributed by atoms with Crippen LogP contribution in [0.15, 0.2) is 34.9 Å². The number of fused-ring (bicyclic) bond motifs is 1.